The fourth-order valence-corrected chi connectivity index (χ4v) is 5.38. The summed E-state index contributed by atoms with van der Waals surface area (Å²) in [5.41, 5.74) is 1.81. The predicted octanol–water partition coefficient (Wildman–Crippen LogP) is 4.22. The van der Waals surface area contributed by atoms with Gasteiger partial charge in [0.25, 0.3) is 5.91 Å². The van der Waals surface area contributed by atoms with Gasteiger partial charge in [0, 0.05) is 33.4 Å². The molecule has 1 N–H and O–H groups in total. The smallest absolute Gasteiger partial charge is 0.251 e. The van der Waals surface area contributed by atoms with Crippen LogP contribution in [0.2, 0.25) is 0 Å². The van der Waals surface area contributed by atoms with Crippen molar-refractivity contribution < 1.29 is 17.6 Å². The monoisotopic (exact) mass is 466 g/mol. The maximum atomic E-state index is 13.1. The first-order chi connectivity index (χ1) is 13.2. The van der Waals surface area contributed by atoms with Gasteiger partial charge in [0.2, 0.25) is 0 Å². The van der Waals surface area contributed by atoms with Crippen LogP contribution < -0.4 is 5.32 Å². The number of carbonyl (C=O) groups is 1. The van der Waals surface area contributed by atoms with E-state index in [0.717, 1.165) is 15.4 Å². The van der Waals surface area contributed by atoms with Gasteiger partial charge in [0.1, 0.15) is 0 Å². The number of hydrogen-bond donors (Lipinski definition) is 1. The van der Waals surface area contributed by atoms with E-state index in [0.29, 0.717) is 17.7 Å². The number of rotatable bonds is 5. The van der Waals surface area contributed by atoms with Crippen LogP contribution in [-0.2, 0) is 9.84 Å². The Bertz CT molecular complexity index is 1110. The van der Waals surface area contributed by atoms with E-state index >= 15 is 0 Å². The molecule has 0 bridgehead atoms. The molecule has 1 fully saturated rings. The van der Waals surface area contributed by atoms with Gasteiger partial charge < -0.3 is 9.88 Å². The van der Waals surface area contributed by atoms with Crippen LogP contribution in [0.3, 0.4) is 0 Å². The Balaban J connectivity index is 1.96. The van der Waals surface area contributed by atoms with Crippen LogP contribution in [0.15, 0.2) is 59.5 Å². The molecule has 0 radical (unpaired) electrons. The number of sulfone groups is 1. The number of allylic oxidation sites excluding steroid dienone is 5. The summed E-state index contributed by atoms with van der Waals surface area (Å²) in [6.07, 6.45) is 6.79. The third-order valence-corrected chi connectivity index (χ3v) is 6.96. The van der Waals surface area contributed by atoms with Crippen molar-refractivity contribution in [1.29, 1.82) is 0 Å². The van der Waals surface area contributed by atoms with Crippen molar-refractivity contribution in [2.45, 2.75) is 19.4 Å². The van der Waals surface area contributed by atoms with Crippen LogP contribution in [0.25, 0.3) is 16.6 Å². The second kappa shape index (κ2) is 8.05. The van der Waals surface area contributed by atoms with E-state index in [9.17, 15) is 17.6 Å². The van der Waals surface area contributed by atoms with E-state index in [4.69, 9.17) is 0 Å². The Kier molecular flexibility index (Phi) is 5.90. The number of nitrogens with one attached hydrogen (secondary N) is 1. The maximum Gasteiger partial charge on any atom is 0.251 e. The first-order valence-corrected chi connectivity index (χ1v) is 11.3. The lowest BCUT2D eigenvalue weighted by molar-refractivity contribution is 0.0941. The lowest BCUT2D eigenvalue weighted by atomic mass is 10.1. The van der Waals surface area contributed by atoms with Crippen LogP contribution in [-0.4, -0.2) is 36.4 Å². The summed E-state index contributed by atoms with van der Waals surface area (Å²) in [5.74, 6) is -0.582. The summed E-state index contributed by atoms with van der Waals surface area (Å²) in [6, 6.07) is 4.86. The fraction of sp³-hybridized carbons (Fsp3) is 0.250. The highest BCUT2D eigenvalue weighted by Crippen LogP contribution is 2.30. The highest BCUT2D eigenvalue weighted by atomic mass is 79.9. The molecule has 1 amide bonds. The average Bonchev–Trinajstić information content (AvgIpc) is 3.14. The van der Waals surface area contributed by atoms with Crippen LogP contribution >= 0.6 is 15.9 Å². The minimum absolute atomic E-state index is 0.0266. The first kappa shape index (κ1) is 20.5. The minimum atomic E-state index is -3.07. The van der Waals surface area contributed by atoms with Crippen molar-refractivity contribution in [2.24, 2.45) is 0 Å². The topological polar surface area (TPSA) is 68.2 Å². The molecule has 1 aromatic heterocycles. The zero-order valence-electron chi connectivity index (χ0n) is 15.3. The molecule has 3 rings (SSSR count). The summed E-state index contributed by atoms with van der Waals surface area (Å²) >= 11 is 3.50. The number of carbonyl (C=O) groups excluding carboxylic acids is 1. The van der Waals surface area contributed by atoms with E-state index in [1.165, 1.54) is 13.0 Å². The summed E-state index contributed by atoms with van der Waals surface area (Å²) < 4.78 is 38.9. The molecular weight excluding hydrogens is 447 g/mol. The second-order valence-electron chi connectivity index (χ2n) is 6.70. The number of nitrogens with zero attached hydrogens (tertiary/aromatic N) is 1. The van der Waals surface area contributed by atoms with E-state index in [1.54, 1.807) is 24.3 Å². The summed E-state index contributed by atoms with van der Waals surface area (Å²) in [5, 5.41) is 3.68. The molecule has 0 aliphatic carbocycles. The SMILES string of the molecule is C=C/C(=C\C=C(/C)F)n1cc(Br)c2ccc(C(=O)NC3CCS(=O)(=O)C3)cc21. The van der Waals surface area contributed by atoms with Gasteiger partial charge in [0.05, 0.1) is 22.8 Å². The predicted molar refractivity (Wildman–Crippen MR) is 113 cm³/mol. The molecule has 2 aromatic rings. The third kappa shape index (κ3) is 4.44. The molecule has 1 aliphatic rings. The molecule has 1 aromatic carbocycles. The van der Waals surface area contributed by atoms with Gasteiger partial charge >= 0.3 is 0 Å². The lowest BCUT2D eigenvalue weighted by Crippen LogP contribution is -2.35. The van der Waals surface area contributed by atoms with Crippen LogP contribution in [0.4, 0.5) is 4.39 Å². The van der Waals surface area contributed by atoms with Gasteiger partial charge in [-0.05, 0) is 59.6 Å². The van der Waals surface area contributed by atoms with E-state index in [2.05, 4.69) is 27.8 Å². The van der Waals surface area contributed by atoms with Crippen LogP contribution in [0.5, 0.6) is 0 Å². The van der Waals surface area contributed by atoms with E-state index in [1.807, 2.05) is 16.8 Å². The van der Waals surface area contributed by atoms with Crippen molar-refractivity contribution in [3.63, 3.8) is 0 Å². The molecule has 5 nitrogen and oxygen atoms in total. The zero-order valence-corrected chi connectivity index (χ0v) is 17.7. The molecular formula is C20H20BrFN2O3S. The standard InChI is InChI=1S/C20H20BrFN2O3S/c1-3-16(6-4-13(2)22)24-11-18(21)17-7-5-14(10-19(17)24)20(25)23-15-8-9-28(26,27)12-15/h3-7,10-11,15H,1,8-9,12H2,2H3,(H,23,25)/b13-4+,16-6+. The quantitative estimate of drug-likeness (QED) is 0.670. The lowest BCUT2D eigenvalue weighted by Gasteiger charge is -2.12. The molecule has 0 saturated carbocycles. The number of benzene rings is 1. The van der Waals surface area contributed by atoms with E-state index < -0.39 is 9.84 Å². The number of fused-ring (bicyclic) bond motifs is 1. The van der Waals surface area contributed by atoms with Crippen molar-refractivity contribution in [3.05, 3.63) is 65.1 Å². The highest BCUT2D eigenvalue weighted by Gasteiger charge is 2.29. The summed E-state index contributed by atoms with van der Waals surface area (Å²) in [4.78, 5) is 12.6. The molecule has 148 valence electrons. The Labute approximate surface area is 171 Å². The Morgan fingerprint density at radius 3 is 2.75 bits per heavy atom. The average molecular weight is 467 g/mol. The fourth-order valence-electron chi connectivity index (χ4n) is 3.16. The van der Waals surface area contributed by atoms with Crippen molar-refractivity contribution in [1.82, 2.24) is 9.88 Å². The van der Waals surface area contributed by atoms with Crippen molar-refractivity contribution in [2.75, 3.05) is 11.5 Å². The van der Waals surface area contributed by atoms with Gasteiger partial charge in [0.15, 0.2) is 9.84 Å². The third-order valence-electron chi connectivity index (χ3n) is 4.56. The summed E-state index contributed by atoms with van der Waals surface area (Å²) in [7, 11) is -3.07. The minimum Gasteiger partial charge on any atom is -0.348 e. The highest BCUT2D eigenvalue weighted by molar-refractivity contribution is 9.10. The van der Waals surface area contributed by atoms with Gasteiger partial charge in [-0.2, -0.15) is 0 Å². The molecule has 8 heteroatoms. The number of aromatic nitrogens is 1. The molecule has 1 aliphatic heterocycles. The normalized spacial score (nSPS) is 19.8. The number of amides is 1. The van der Waals surface area contributed by atoms with Gasteiger partial charge in [-0.1, -0.05) is 12.6 Å². The molecule has 1 unspecified atom stereocenters. The molecule has 2 heterocycles. The van der Waals surface area contributed by atoms with Gasteiger partial charge in [-0.25, -0.2) is 12.8 Å². The Hall–Kier alpha value is -2.19. The number of halogens is 2. The molecule has 1 atom stereocenters. The first-order valence-electron chi connectivity index (χ1n) is 8.69. The largest absolute Gasteiger partial charge is 0.348 e. The van der Waals surface area contributed by atoms with Gasteiger partial charge in [-0.3, -0.25) is 4.79 Å². The maximum absolute atomic E-state index is 13.1. The van der Waals surface area contributed by atoms with Crippen LogP contribution in [0, 0.1) is 0 Å². The van der Waals surface area contributed by atoms with Gasteiger partial charge in [-0.15, -0.1) is 0 Å². The Morgan fingerprint density at radius 1 is 1.39 bits per heavy atom. The van der Waals surface area contributed by atoms with Crippen molar-refractivity contribution in [3.8, 4) is 0 Å². The van der Waals surface area contributed by atoms with Crippen LogP contribution in [0.1, 0.15) is 23.7 Å². The molecule has 0 spiro atoms. The van der Waals surface area contributed by atoms with E-state index in [-0.39, 0.29) is 29.3 Å². The van der Waals surface area contributed by atoms with Crippen molar-refractivity contribution >= 4 is 48.3 Å². The molecule has 1 saturated heterocycles. The second-order valence-corrected chi connectivity index (χ2v) is 9.78. The Morgan fingerprint density at radius 2 is 2.14 bits per heavy atom. The zero-order chi connectivity index (χ0) is 20.5. The number of hydrogen-bond acceptors (Lipinski definition) is 3. The molecule has 28 heavy (non-hydrogen) atoms. The summed E-state index contributed by atoms with van der Waals surface area (Å²) in [6.45, 7) is 5.13.